The molecule has 3 rings (SSSR count). The Bertz CT molecular complexity index is 697. The number of carbonyl (C=O) groups excluding carboxylic acids is 2. The number of Topliss-reactive ketones (excluding diaryl/α,β-unsaturated/α-hetero) is 1. The van der Waals surface area contributed by atoms with Gasteiger partial charge in [0.05, 0.1) is 0 Å². The number of hydrogen-bond donors (Lipinski definition) is 1. The number of hydrogen-bond acceptors (Lipinski definition) is 4. The lowest BCUT2D eigenvalue weighted by atomic mass is 9.83. The molecule has 148 valence electrons. The summed E-state index contributed by atoms with van der Waals surface area (Å²) in [5, 5.41) is 2.97. The number of halogens is 3. The normalized spacial score (nSPS) is 22.2. The number of nitrogens with one attached hydrogen (secondary N) is 1. The van der Waals surface area contributed by atoms with Crippen LogP contribution in [0.1, 0.15) is 48.9 Å². The van der Waals surface area contributed by atoms with Crippen molar-refractivity contribution in [2.75, 3.05) is 13.2 Å². The molecule has 1 aliphatic heterocycles. The predicted molar refractivity (Wildman–Crippen MR) is 90.9 cm³/mol. The summed E-state index contributed by atoms with van der Waals surface area (Å²) in [6, 6.07) is 5.02. The van der Waals surface area contributed by atoms with E-state index in [9.17, 15) is 22.8 Å². The lowest BCUT2D eigenvalue weighted by molar-refractivity contribution is -0.171. The zero-order valence-corrected chi connectivity index (χ0v) is 14.8. The molecule has 0 unspecified atom stereocenters. The van der Waals surface area contributed by atoms with E-state index < -0.39 is 18.4 Å². The Kier molecular flexibility index (Phi) is 5.92. The summed E-state index contributed by atoms with van der Waals surface area (Å²) in [6.07, 6.45) is -2.14. The van der Waals surface area contributed by atoms with Gasteiger partial charge in [0.25, 0.3) is 5.91 Å². The maximum absolute atomic E-state index is 12.4. The molecule has 0 bridgehead atoms. The molecule has 1 N–H and O–H groups in total. The average Bonchev–Trinajstić information content (AvgIpc) is 2.66. The number of amides is 1. The Morgan fingerprint density at radius 3 is 2.37 bits per heavy atom. The second-order valence-electron chi connectivity index (χ2n) is 7.01. The van der Waals surface area contributed by atoms with Crippen molar-refractivity contribution in [3.63, 3.8) is 0 Å². The van der Waals surface area contributed by atoms with Crippen molar-refractivity contribution in [1.82, 2.24) is 5.32 Å². The first-order chi connectivity index (χ1) is 12.8. The molecule has 1 aliphatic carbocycles. The van der Waals surface area contributed by atoms with E-state index in [1.54, 1.807) is 18.2 Å². The van der Waals surface area contributed by atoms with E-state index in [-0.39, 0.29) is 24.3 Å². The van der Waals surface area contributed by atoms with Gasteiger partial charge in [0.15, 0.2) is 11.5 Å². The van der Waals surface area contributed by atoms with Crippen molar-refractivity contribution < 1.29 is 32.2 Å². The molecule has 2 aliphatic rings. The Labute approximate surface area is 155 Å². The minimum Gasteiger partial charge on any atom is -0.486 e. The second kappa shape index (κ2) is 8.19. The van der Waals surface area contributed by atoms with Crippen molar-refractivity contribution in [3.05, 3.63) is 23.8 Å². The van der Waals surface area contributed by atoms with Gasteiger partial charge in [-0.1, -0.05) is 0 Å². The number of ether oxygens (including phenoxy) is 2. The van der Waals surface area contributed by atoms with Gasteiger partial charge in [0, 0.05) is 18.0 Å². The van der Waals surface area contributed by atoms with Gasteiger partial charge in [0.2, 0.25) is 5.78 Å². The molecule has 5 nitrogen and oxygen atoms in total. The molecule has 1 aromatic rings. The van der Waals surface area contributed by atoms with Gasteiger partial charge in [-0.25, -0.2) is 0 Å². The fourth-order valence-electron chi connectivity index (χ4n) is 3.53. The van der Waals surface area contributed by atoms with Crippen molar-refractivity contribution >= 4 is 11.7 Å². The molecular weight excluding hydrogens is 363 g/mol. The largest absolute Gasteiger partial charge is 0.486 e. The third-order valence-corrected chi connectivity index (χ3v) is 5.08. The average molecular weight is 385 g/mol. The third kappa shape index (κ3) is 5.14. The van der Waals surface area contributed by atoms with Crippen LogP contribution in [0.25, 0.3) is 0 Å². The summed E-state index contributed by atoms with van der Waals surface area (Å²) in [7, 11) is 0. The molecule has 1 saturated carbocycles. The van der Waals surface area contributed by atoms with E-state index in [2.05, 4.69) is 5.32 Å². The maximum Gasteiger partial charge on any atom is 0.449 e. The monoisotopic (exact) mass is 385 g/mol. The number of alkyl halides is 3. The molecule has 0 spiro atoms. The van der Waals surface area contributed by atoms with E-state index in [0.717, 1.165) is 0 Å². The van der Waals surface area contributed by atoms with Crippen molar-refractivity contribution in [3.8, 4) is 11.5 Å². The van der Waals surface area contributed by atoms with E-state index >= 15 is 0 Å². The van der Waals surface area contributed by atoms with Crippen molar-refractivity contribution in [1.29, 1.82) is 0 Å². The second-order valence-corrected chi connectivity index (χ2v) is 7.01. The number of ketones is 1. The topological polar surface area (TPSA) is 64.6 Å². The molecule has 0 atom stereocenters. The smallest absolute Gasteiger partial charge is 0.449 e. The van der Waals surface area contributed by atoms with Crippen LogP contribution in [0.3, 0.4) is 0 Å². The Morgan fingerprint density at radius 1 is 1.04 bits per heavy atom. The summed E-state index contributed by atoms with van der Waals surface area (Å²) >= 11 is 0. The van der Waals surface area contributed by atoms with Crippen molar-refractivity contribution in [2.24, 2.45) is 5.92 Å². The van der Waals surface area contributed by atoms with Crippen LogP contribution >= 0.6 is 0 Å². The van der Waals surface area contributed by atoms with Gasteiger partial charge in [-0.3, -0.25) is 9.59 Å². The van der Waals surface area contributed by atoms with Crippen LogP contribution in [0.15, 0.2) is 18.2 Å². The van der Waals surface area contributed by atoms with Crippen LogP contribution in [-0.4, -0.2) is 37.1 Å². The van der Waals surface area contributed by atoms with E-state index in [1.807, 2.05) is 0 Å². The van der Waals surface area contributed by atoms with Gasteiger partial charge < -0.3 is 14.8 Å². The SMILES string of the molecule is O=C(NC1CCC(CCC(=O)C(F)(F)F)CC1)c1ccc2c(c1)OCCO2. The van der Waals surface area contributed by atoms with E-state index in [1.165, 1.54) is 0 Å². The molecule has 1 heterocycles. The zero-order chi connectivity index (χ0) is 19.4. The molecule has 1 fully saturated rings. The van der Waals surface area contributed by atoms with Gasteiger partial charge in [0.1, 0.15) is 13.2 Å². The van der Waals surface area contributed by atoms with Crippen LogP contribution in [0.5, 0.6) is 11.5 Å². The van der Waals surface area contributed by atoms with Gasteiger partial charge >= 0.3 is 6.18 Å². The molecule has 0 radical (unpaired) electrons. The first kappa shape index (κ1) is 19.5. The Hall–Kier alpha value is -2.25. The molecular formula is C19H22F3NO4. The molecule has 8 heteroatoms. The Balaban J connectivity index is 1.45. The highest BCUT2D eigenvalue weighted by atomic mass is 19.4. The summed E-state index contributed by atoms with van der Waals surface area (Å²) in [6.45, 7) is 0.926. The van der Waals surface area contributed by atoms with Crippen LogP contribution < -0.4 is 14.8 Å². The quantitative estimate of drug-likeness (QED) is 0.840. The zero-order valence-electron chi connectivity index (χ0n) is 14.8. The highest BCUT2D eigenvalue weighted by Crippen LogP contribution is 2.32. The minimum atomic E-state index is -4.74. The van der Waals surface area contributed by atoms with Gasteiger partial charge in [-0.2, -0.15) is 13.2 Å². The Morgan fingerprint density at radius 2 is 1.70 bits per heavy atom. The summed E-state index contributed by atoms with van der Waals surface area (Å²) in [5.74, 6) is -0.600. The highest BCUT2D eigenvalue weighted by Gasteiger charge is 2.38. The van der Waals surface area contributed by atoms with Gasteiger partial charge in [-0.05, 0) is 56.2 Å². The lowest BCUT2D eigenvalue weighted by Gasteiger charge is -2.29. The first-order valence-electron chi connectivity index (χ1n) is 9.13. The van der Waals surface area contributed by atoms with Crippen LogP contribution in [-0.2, 0) is 4.79 Å². The predicted octanol–water partition coefficient (Wildman–Crippen LogP) is 3.66. The molecule has 1 amide bonds. The minimum absolute atomic E-state index is 0.0136. The molecule has 0 saturated heterocycles. The van der Waals surface area contributed by atoms with Gasteiger partial charge in [-0.15, -0.1) is 0 Å². The number of fused-ring (bicyclic) bond motifs is 1. The van der Waals surface area contributed by atoms with Crippen LogP contribution in [0, 0.1) is 5.92 Å². The number of rotatable bonds is 5. The van der Waals surface area contributed by atoms with Crippen molar-refractivity contribution in [2.45, 2.75) is 50.7 Å². The van der Waals surface area contributed by atoms with E-state index in [0.29, 0.717) is 56.0 Å². The van der Waals surface area contributed by atoms with Crippen LogP contribution in [0.4, 0.5) is 13.2 Å². The van der Waals surface area contributed by atoms with Crippen LogP contribution in [0.2, 0.25) is 0 Å². The fraction of sp³-hybridized carbons (Fsp3) is 0.579. The fourth-order valence-corrected chi connectivity index (χ4v) is 3.53. The molecule has 27 heavy (non-hydrogen) atoms. The summed E-state index contributed by atoms with van der Waals surface area (Å²) in [5.41, 5.74) is 0.483. The highest BCUT2D eigenvalue weighted by molar-refractivity contribution is 5.95. The van der Waals surface area contributed by atoms with E-state index in [4.69, 9.17) is 9.47 Å². The standard InChI is InChI=1S/C19H22F3NO4/c20-19(21,22)17(24)8-3-12-1-5-14(6-2-12)23-18(25)13-4-7-15-16(11-13)27-10-9-26-15/h4,7,11-12,14H,1-3,5-6,8-10H2,(H,23,25). The number of carbonyl (C=O) groups is 2. The summed E-state index contributed by atoms with van der Waals surface area (Å²) < 4.78 is 47.7. The first-order valence-corrected chi connectivity index (χ1v) is 9.13. The lowest BCUT2D eigenvalue weighted by Crippen LogP contribution is -2.37. The third-order valence-electron chi connectivity index (χ3n) is 5.08. The molecule has 1 aromatic carbocycles. The number of benzene rings is 1. The summed E-state index contributed by atoms with van der Waals surface area (Å²) in [4.78, 5) is 23.4. The maximum atomic E-state index is 12.4. The molecule has 0 aromatic heterocycles.